The molecule has 0 aromatic heterocycles. The van der Waals surface area contributed by atoms with Crippen LogP contribution in [0.25, 0.3) is 0 Å². The molecule has 158 valence electrons. The number of hydrogen-bond acceptors (Lipinski definition) is 7. The number of ether oxygens (including phenoxy) is 2. The molecule has 0 unspecified atom stereocenters. The third-order valence-electron chi connectivity index (χ3n) is 1.43. The van der Waals surface area contributed by atoms with Crippen molar-refractivity contribution in [1.82, 2.24) is 0 Å². The van der Waals surface area contributed by atoms with Crippen molar-refractivity contribution >= 4 is 17.9 Å². The number of carboxylic acids is 1. The third-order valence-corrected chi connectivity index (χ3v) is 1.43. The average molecular weight is 384 g/mol. The lowest BCUT2D eigenvalue weighted by Crippen LogP contribution is -1.98. The van der Waals surface area contributed by atoms with Crippen molar-refractivity contribution in [1.29, 1.82) is 0 Å². The number of aliphatic hydroxyl groups excluding tert-OH is 2. The van der Waals surface area contributed by atoms with Crippen LogP contribution in [0.1, 0.15) is 28.2 Å². The van der Waals surface area contributed by atoms with Gasteiger partial charge in [-0.2, -0.15) is 0 Å². The first-order chi connectivity index (χ1) is 11.0. The number of hydrogen-bond donors (Lipinski definition) is 3. The first kappa shape index (κ1) is 43.7. The summed E-state index contributed by atoms with van der Waals surface area (Å²) < 4.78 is 8.55. The van der Waals surface area contributed by atoms with E-state index in [0.29, 0.717) is 11.1 Å². The minimum absolute atomic E-state index is 0. The molecule has 0 spiro atoms. The predicted octanol–water partition coefficient (Wildman–Crippen LogP) is 1.15. The van der Waals surface area contributed by atoms with E-state index in [2.05, 4.69) is 29.2 Å². The van der Waals surface area contributed by atoms with Gasteiger partial charge in [-0.25, -0.2) is 14.4 Å². The Kier molecular flexibility index (Phi) is 57.1. The summed E-state index contributed by atoms with van der Waals surface area (Å²) in [6, 6.07) is 0. The van der Waals surface area contributed by atoms with E-state index in [-0.39, 0.29) is 30.4 Å². The van der Waals surface area contributed by atoms with E-state index in [9.17, 15) is 14.4 Å². The molecular formula is C17H36O9. The number of carbonyl (C=O) groups is 3. The molecule has 0 radical (unpaired) electrons. The maximum atomic E-state index is 10.2. The highest BCUT2D eigenvalue weighted by Gasteiger charge is 1.96. The van der Waals surface area contributed by atoms with Crippen LogP contribution in [0.4, 0.5) is 0 Å². The van der Waals surface area contributed by atoms with Gasteiger partial charge in [0.05, 0.1) is 14.2 Å². The van der Waals surface area contributed by atoms with Crippen LogP contribution in [0.2, 0.25) is 0 Å². The second kappa shape index (κ2) is 34.0. The number of aliphatic hydroxyl groups is 2. The molecule has 9 nitrogen and oxygen atoms in total. The zero-order valence-corrected chi connectivity index (χ0v) is 16.0. The smallest absolute Gasteiger partial charge is 0.332 e. The Hall–Kier alpha value is -2.49. The summed E-state index contributed by atoms with van der Waals surface area (Å²) >= 11 is 0. The fourth-order valence-electron chi connectivity index (χ4n) is 0.348. The van der Waals surface area contributed by atoms with Gasteiger partial charge in [0.1, 0.15) is 0 Å². The van der Waals surface area contributed by atoms with Crippen LogP contribution >= 0.6 is 0 Å². The normalized spacial score (nSPS) is 6.35. The molecule has 0 rings (SSSR count). The fourth-order valence-corrected chi connectivity index (χ4v) is 0.348. The van der Waals surface area contributed by atoms with Crippen molar-refractivity contribution in [3.63, 3.8) is 0 Å². The van der Waals surface area contributed by atoms with Crippen LogP contribution in [-0.2, 0) is 23.9 Å². The molecule has 0 fully saturated rings. The Labute approximate surface area is 156 Å². The maximum Gasteiger partial charge on any atom is 0.332 e. The second-order valence-electron chi connectivity index (χ2n) is 3.63. The van der Waals surface area contributed by atoms with Crippen molar-refractivity contribution in [2.45, 2.75) is 28.2 Å². The van der Waals surface area contributed by atoms with E-state index < -0.39 is 5.97 Å². The lowest BCUT2D eigenvalue weighted by atomic mass is 10.4. The van der Waals surface area contributed by atoms with E-state index >= 15 is 0 Å². The summed E-state index contributed by atoms with van der Waals surface area (Å²) in [5, 5.41) is 21.9. The van der Waals surface area contributed by atoms with Crippen LogP contribution in [0.15, 0.2) is 36.5 Å². The molecule has 0 saturated carbocycles. The first-order valence-corrected chi connectivity index (χ1v) is 6.27. The van der Waals surface area contributed by atoms with Gasteiger partial charge in [0.25, 0.3) is 0 Å². The molecule has 0 atom stereocenters. The second-order valence-corrected chi connectivity index (χ2v) is 3.63. The fraction of sp³-hybridized carbons (Fsp3) is 0.471. The molecule has 0 aliphatic carbocycles. The van der Waals surface area contributed by atoms with E-state index in [0.717, 1.165) is 14.2 Å². The minimum Gasteiger partial charge on any atom is -0.478 e. The molecule has 0 heterocycles. The monoisotopic (exact) mass is 384 g/mol. The van der Waals surface area contributed by atoms with Gasteiger partial charge in [0, 0.05) is 30.9 Å². The van der Waals surface area contributed by atoms with E-state index in [1.807, 2.05) is 0 Å². The van der Waals surface area contributed by atoms with Crippen LogP contribution in [0.5, 0.6) is 0 Å². The van der Waals surface area contributed by atoms with Crippen LogP contribution < -0.4 is 0 Å². The highest BCUT2D eigenvalue weighted by molar-refractivity contribution is 5.87. The number of aliphatic carboxylic acids is 1. The van der Waals surface area contributed by atoms with E-state index in [1.54, 1.807) is 13.8 Å². The predicted molar refractivity (Wildman–Crippen MR) is 103 cm³/mol. The summed E-state index contributed by atoms with van der Waals surface area (Å²) in [5.74, 6) is -1.63. The third kappa shape index (κ3) is 49.6. The lowest BCUT2D eigenvalue weighted by molar-refractivity contribution is -0.136. The highest BCUT2D eigenvalue weighted by Crippen LogP contribution is 1.87. The molecule has 0 aliphatic heterocycles. The first-order valence-electron chi connectivity index (χ1n) is 6.27. The molecule has 0 aromatic rings. The molecule has 5 N–H and O–H groups in total. The summed E-state index contributed by atoms with van der Waals surface area (Å²) in [5.41, 5.74) is 1.04. The summed E-state index contributed by atoms with van der Waals surface area (Å²) in [6.07, 6.45) is 0. The summed E-state index contributed by atoms with van der Waals surface area (Å²) in [4.78, 5) is 30.0. The van der Waals surface area contributed by atoms with Gasteiger partial charge >= 0.3 is 17.9 Å². The van der Waals surface area contributed by atoms with Gasteiger partial charge in [-0.3, -0.25) is 0 Å². The van der Waals surface area contributed by atoms with Gasteiger partial charge in [0.15, 0.2) is 0 Å². The van der Waals surface area contributed by atoms with Gasteiger partial charge in [-0.15, -0.1) is 0 Å². The Morgan fingerprint density at radius 1 is 0.692 bits per heavy atom. The molecule has 0 bridgehead atoms. The average Bonchev–Trinajstić information content (AvgIpc) is 2.57. The van der Waals surface area contributed by atoms with Crippen molar-refractivity contribution in [2.24, 2.45) is 0 Å². The molecule has 0 aromatic carbocycles. The van der Waals surface area contributed by atoms with Crippen molar-refractivity contribution < 1.29 is 44.7 Å². The molecule has 0 saturated heterocycles. The highest BCUT2D eigenvalue weighted by atomic mass is 16.5. The quantitative estimate of drug-likeness (QED) is 0.482. The van der Waals surface area contributed by atoms with Crippen LogP contribution in [0, 0.1) is 0 Å². The van der Waals surface area contributed by atoms with Crippen LogP contribution in [0.3, 0.4) is 0 Å². The van der Waals surface area contributed by atoms with Crippen molar-refractivity contribution in [3.05, 3.63) is 36.5 Å². The Morgan fingerprint density at radius 3 is 0.846 bits per heavy atom. The van der Waals surface area contributed by atoms with Gasteiger partial charge < -0.3 is 30.3 Å². The minimum atomic E-state index is -0.935. The van der Waals surface area contributed by atoms with E-state index in [1.165, 1.54) is 21.1 Å². The number of esters is 2. The Morgan fingerprint density at radius 2 is 0.846 bits per heavy atom. The number of methoxy groups -OCH3 is 2. The number of carbonyl (C=O) groups excluding carboxylic acids is 2. The molecule has 26 heavy (non-hydrogen) atoms. The largest absolute Gasteiger partial charge is 0.478 e. The number of carboxylic acid groups (broad SMARTS) is 1. The summed E-state index contributed by atoms with van der Waals surface area (Å²) in [6.45, 7) is 14.5. The molecular weight excluding hydrogens is 348 g/mol. The van der Waals surface area contributed by atoms with Crippen LogP contribution in [-0.4, -0.2) is 67.1 Å². The maximum absolute atomic E-state index is 10.2. The summed E-state index contributed by atoms with van der Waals surface area (Å²) in [7, 11) is 4.66. The molecule has 9 heteroatoms. The topological polar surface area (TPSA) is 162 Å². The molecule has 0 amide bonds. The van der Waals surface area contributed by atoms with Crippen molar-refractivity contribution in [2.75, 3.05) is 28.4 Å². The van der Waals surface area contributed by atoms with Gasteiger partial charge in [0.2, 0.25) is 0 Å². The Balaban J connectivity index is -0.0000000367. The number of rotatable bonds is 3. The Bertz CT molecular complexity index is 361. The van der Waals surface area contributed by atoms with Gasteiger partial charge in [-0.05, 0) is 20.8 Å². The van der Waals surface area contributed by atoms with Crippen molar-refractivity contribution in [3.8, 4) is 0 Å². The van der Waals surface area contributed by atoms with Gasteiger partial charge in [-0.1, -0.05) is 27.2 Å². The van der Waals surface area contributed by atoms with E-state index in [4.69, 9.17) is 15.3 Å². The zero-order chi connectivity index (χ0) is 20.9. The SMILES string of the molecule is C.C=C(C)C(=O)O.C=C(C)C(=O)OC.C=C(C)C(=O)OC.CO.CO.O. The standard InChI is InChI=1S/2C5H8O2.C4H6O2.2CH4O.CH4.H2O/c2*1-4(2)5(6)7-3;1-3(2)4(5)6;2*1-2;;/h2*1H2,2-3H3;1H2,2H3,(H,5,6);2*2H,1H3;1H4;1H2. The zero-order valence-electron chi connectivity index (χ0n) is 16.0. The molecule has 0 aliphatic rings. The lowest BCUT2D eigenvalue weighted by Gasteiger charge is -1.91.